The van der Waals surface area contributed by atoms with Crippen LogP contribution < -0.4 is 14.2 Å². The molecule has 0 spiro atoms. The van der Waals surface area contributed by atoms with E-state index in [1.54, 1.807) is 44.8 Å². The van der Waals surface area contributed by atoms with Crippen molar-refractivity contribution in [3.63, 3.8) is 0 Å². The summed E-state index contributed by atoms with van der Waals surface area (Å²) in [5, 5.41) is 14.2. The minimum atomic E-state index is -0.708. The molecule has 0 fully saturated rings. The Kier molecular flexibility index (Phi) is 4.29. The summed E-state index contributed by atoms with van der Waals surface area (Å²) in [5.41, 5.74) is 1.55. The van der Waals surface area contributed by atoms with E-state index in [2.05, 4.69) is 0 Å². The first kappa shape index (κ1) is 13.7. The van der Waals surface area contributed by atoms with Gasteiger partial charge in [-0.2, -0.15) is 11.3 Å². The Morgan fingerprint density at radius 3 is 2.05 bits per heavy atom. The molecule has 5 heteroatoms. The molecule has 0 aliphatic carbocycles. The summed E-state index contributed by atoms with van der Waals surface area (Å²) >= 11 is 1.54. The molecule has 1 atom stereocenters. The van der Waals surface area contributed by atoms with E-state index in [0.717, 1.165) is 5.56 Å². The second-order valence-corrected chi connectivity index (χ2v) is 4.70. The summed E-state index contributed by atoms with van der Waals surface area (Å²) in [4.78, 5) is 0. The summed E-state index contributed by atoms with van der Waals surface area (Å²) in [6.45, 7) is 0. The van der Waals surface area contributed by atoms with Crippen molar-refractivity contribution >= 4 is 11.3 Å². The second-order valence-electron chi connectivity index (χ2n) is 3.92. The molecule has 19 heavy (non-hydrogen) atoms. The highest BCUT2D eigenvalue weighted by Gasteiger charge is 2.18. The van der Waals surface area contributed by atoms with Gasteiger partial charge in [-0.25, -0.2) is 0 Å². The van der Waals surface area contributed by atoms with Gasteiger partial charge in [0.05, 0.1) is 21.3 Å². The van der Waals surface area contributed by atoms with E-state index in [9.17, 15) is 5.11 Å². The lowest BCUT2D eigenvalue weighted by Crippen LogP contribution is -2.02. The van der Waals surface area contributed by atoms with Gasteiger partial charge in [0.1, 0.15) is 6.10 Å². The van der Waals surface area contributed by atoms with E-state index >= 15 is 0 Å². The Morgan fingerprint density at radius 2 is 1.63 bits per heavy atom. The van der Waals surface area contributed by atoms with Crippen LogP contribution in [-0.4, -0.2) is 26.4 Å². The maximum atomic E-state index is 10.3. The number of ether oxygens (including phenoxy) is 3. The highest BCUT2D eigenvalue weighted by molar-refractivity contribution is 7.07. The van der Waals surface area contributed by atoms with E-state index in [4.69, 9.17) is 14.2 Å². The standard InChI is InChI=1S/C14H16O4S/c1-16-11-6-10(7-12(17-2)14(11)18-3)13(15)9-4-5-19-8-9/h4-8,13,15H,1-3H3. The molecule has 2 aromatic rings. The molecule has 4 nitrogen and oxygen atoms in total. The van der Waals surface area contributed by atoms with Crippen molar-refractivity contribution in [2.75, 3.05) is 21.3 Å². The Hall–Kier alpha value is -1.72. The molecule has 0 bridgehead atoms. The van der Waals surface area contributed by atoms with Crippen LogP contribution in [0.4, 0.5) is 0 Å². The first-order valence-corrected chi connectivity index (χ1v) is 6.65. The summed E-state index contributed by atoms with van der Waals surface area (Å²) < 4.78 is 15.8. The fraction of sp³-hybridized carbons (Fsp3) is 0.286. The van der Waals surface area contributed by atoms with Gasteiger partial charge in [-0.15, -0.1) is 0 Å². The van der Waals surface area contributed by atoms with Crippen molar-refractivity contribution in [2.45, 2.75) is 6.10 Å². The predicted octanol–water partition coefficient (Wildman–Crippen LogP) is 2.86. The summed E-state index contributed by atoms with van der Waals surface area (Å²) in [6.07, 6.45) is -0.708. The van der Waals surface area contributed by atoms with Gasteiger partial charge in [-0.05, 0) is 40.1 Å². The minimum Gasteiger partial charge on any atom is -0.493 e. The molecule has 1 heterocycles. The largest absolute Gasteiger partial charge is 0.493 e. The third kappa shape index (κ3) is 2.67. The monoisotopic (exact) mass is 280 g/mol. The molecule has 1 aromatic heterocycles. The van der Waals surface area contributed by atoms with E-state index in [0.29, 0.717) is 22.8 Å². The summed E-state index contributed by atoms with van der Waals surface area (Å²) in [6, 6.07) is 5.39. The molecular weight excluding hydrogens is 264 g/mol. The van der Waals surface area contributed by atoms with Crippen molar-refractivity contribution in [2.24, 2.45) is 0 Å². The number of benzene rings is 1. The van der Waals surface area contributed by atoms with Crippen LogP contribution in [0.3, 0.4) is 0 Å². The Bertz CT molecular complexity index is 511. The van der Waals surface area contributed by atoms with Crippen LogP contribution in [0, 0.1) is 0 Å². The molecule has 0 aliphatic heterocycles. The maximum absolute atomic E-state index is 10.3. The van der Waals surface area contributed by atoms with E-state index in [1.807, 2.05) is 16.8 Å². The first-order chi connectivity index (χ1) is 9.21. The van der Waals surface area contributed by atoms with Crippen molar-refractivity contribution in [3.05, 3.63) is 40.1 Å². The SMILES string of the molecule is COc1cc(C(O)c2ccsc2)cc(OC)c1OC. The molecule has 102 valence electrons. The molecule has 0 amide bonds. The summed E-state index contributed by atoms with van der Waals surface area (Å²) in [7, 11) is 4.66. The zero-order valence-corrected chi connectivity index (χ0v) is 11.9. The highest BCUT2D eigenvalue weighted by Crippen LogP contribution is 2.40. The van der Waals surface area contributed by atoms with Crippen molar-refractivity contribution < 1.29 is 19.3 Å². The number of thiophene rings is 1. The van der Waals surface area contributed by atoms with E-state index in [-0.39, 0.29) is 0 Å². The van der Waals surface area contributed by atoms with E-state index in [1.165, 1.54) is 0 Å². The zero-order valence-electron chi connectivity index (χ0n) is 11.0. The molecule has 0 radical (unpaired) electrons. The van der Waals surface area contributed by atoms with Crippen molar-refractivity contribution in [1.29, 1.82) is 0 Å². The Labute approximate surface area is 116 Å². The fourth-order valence-corrected chi connectivity index (χ4v) is 2.56. The van der Waals surface area contributed by atoms with Gasteiger partial charge in [0.15, 0.2) is 11.5 Å². The van der Waals surface area contributed by atoms with Gasteiger partial charge in [-0.3, -0.25) is 0 Å². The van der Waals surface area contributed by atoms with Crippen LogP contribution in [0.25, 0.3) is 0 Å². The van der Waals surface area contributed by atoms with Crippen LogP contribution in [0.15, 0.2) is 29.0 Å². The quantitative estimate of drug-likeness (QED) is 0.915. The van der Waals surface area contributed by atoms with Crippen LogP contribution >= 0.6 is 11.3 Å². The van der Waals surface area contributed by atoms with Gasteiger partial charge in [0.25, 0.3) is 0 Å². The second kappa shape index (κ2) is 5.95. The van der Waals surface area contributed by atoms with E-state index < -0.39 is 6.10 Å². The Morgan fingerprint density at radius 1 is 1.00 bits per heavy atom. The normalized spacial score (nSPS) is 12.0. The van der Waals surface area contributed by atoms with Gasteiger partial charge in [0, 0.05) is 0 Å². The number of rotatable bonds is 5. The average molecular weight is 280 g/mol. The molecule has 1 N–H and O–H groups in total. The lowest BCUT2D eigenvalue weighted by atomic mass is 10.0. The van der Waals surface area contributed by atoms with Gasteiger partial charge in [-0.1, -0.05) is 0 Å². The number of aliphatic hydroxyl groups is 1. The molecule has 2 rings (SSSR count). The fourth-order valence-electron chi connectivity index (χ4n) is 1.88. The molecule has 0 aliphatic rings. The first-order valence-electron chi connectivity index (χ1n) is 5.71. The van der Waals surface area contributed by atoms with Crippen molar-refractivity contribution in [1.82, 2.24) is 0 Å². The van der Waals surface area contributed by atoms with Gasteiger partial charge >= 0.3 is 0 Å². The van der Waals surface area contributed by atoms with Crippen LogP contribution in [0.2, 0.25) is 0 Å². The van der Waals surface area contributed by atoms with Crippen molar-refractivity contribution in [3.8, 4) is 17.2 Å². The maximum Gasteiger partial charge on any atom is 0.203 e. The molecule has 0 saturated heterocycles. The smallest absolute Gasteiger partial charge is 0.203 e. The zero-order chi connectivity index (χ0) is 13.8. The third-order valence-corrected chi connectivity index (χ3v) is 3.56. The van der Waals surface area contributed by atoms with Gasteiger partial charge in [0.2, 0.25) is 5.75 Å². The third-order valence-electron chi connectivity index (χ3n) is 2.86. The number of aliphatic hydroxyl groups excluding tert-OH is 1. The molecule has 1 aromatic carbocycles. The lowest BCUT2D eigenvalue weighted by Gasteiger charge is -2.16. The predicted molar refractivity (Wildman–Crippen MR) is 74.5 cm³/mol. The summed E-state index contributed by atoms with van der Waals surface area (Å²) in [5.74, 6) is 1.59. The number of hydrogen-bond donors (Lipinski definition) is 1. The van der Waals surface area contributed by atoms with Crippen LogP contribution in [-0.2, 0) is 0 Å². The van der Waals surface area contributed by atoms with Crippen LogP contribution in [0.5, 0.6) is 17.2 Å². The van der Waals surface area contributed by atoms with Gasteiger partial charge < -0.3 is 19.3 Å². The number of hydrogen-bond acceptors (Lipinski definition) is 5. The minimum absolute atomic E-state index is 0.520. The molecular formula is C14H16O4S. The average Bonchev–Trinajstić information content (AvgIpc) is 2.98. The highest BCUT2D eigenvalue weighted by atomic mass is 32.1. The Balaban J connectivity index is 2.47. The van der Waals surface area contributed by atoms with Crippen LogP contribution in [0.1, 0.15) is 17.2 Å². The number of methoxy groups -OCH3 is 3. The molecule has 1 unspecified atom stereocenters. The topological polar surface area (TPSA) is 47.9 Å². The lowest BCUT2D eigenvalue weighted by molar-refractivity contribution is 0.219. The molecule has 0 saturated carbocycles.